The molecule has 0 radical (unpaired) electrons. The number of carbonyl (C=O) groups excluding carboxylic acids is 3. The zero-order valence-electron chi connectivity index (χ0n) is 18.7. The van der Waals surface area contributed by atoms with Gasteiger partial charge in [0, 0.05) is 0 Å². The summed E-state index contributed by atoms with van der Waals surface area (Å²) >= 11 is 0. The number of imide groups is 2. The number of benzene rings is 3. The van der Waals surface area contributed by atoms with E-state index in [-0.39, 0.29) is 21.9 Å². The molecule has 178 valence electrons. The normalized spacial score (nSPS) is 15.2. The highest BCUT2D eigenvalue weighted by Crippen LogP contribution is 2.25. The Balaban J connectivity index is 1.56. The molecule has 0 aromatic heterocycles. The molecular formula is C25H20N2O7S. The van der Waals surface area contributed by atoms with Gasteiger partial charge in [0.25, 0.3) is 11.8 Å². The molecular weight excluding hydrogens is 472 g/mol. The number of amides is 4. The minimum atomic E-state index is -4.02. The van der Waals surface area contributed by atoms with Gasteiger partial charge in [0.1, 0.15) is 22.0 Å². The molecule has 35 heavy (non-hydrogen) atoms. The van der Waals surface area contributed by atoms with Gasteiger partial charge < -0.3 is 8.92 Å². The van der Waals surface area contributed by atoms with E-state index in [1.807, 2.05) is 6.92 Å². The van der Waals surface area contributed by atoms with Crippen molar-refractivity contribution < 1.29 is 31.7 Å². The van der Waals surface area contributed by atoms with Crippen LogP contribution in [0.3, 0.4) is 0 Å². The maximum absolute atomic E-state index is 13.0. The number of methoxy groups -OCH3 is 1. The summed E-state index contributed by atoms with van der Waals surface area (Å²) in [6.45, 7) is 1.84. The molecule has 1 aliphatic rings. The molecule has 1 fully saturated rings. The van der Waals surface area contributed by atoms with Crippen molar-refractivity contribution in [2.24, 2.45) is 0 Å². The highest BCUT2D eigenvalue weighted by Gasteiger charge is 2.36. The number of anilines is 1. The number of hydrogen-bond donors (Lipinski definition) is 1. The number of urea groups is 1. The Morgan fingerprint density at radius 1 is 0.829 bits per heavy atom. The molecule has 0 spiro atoms. The van der Waals surface area contributed by atoms with Gasteiger partial charge in [-0.2, -0.15) is 8.42 Å². The van der Waals surface area contributed by atoms with E-state index in [2.05, 4.69) is 5.32 Å². The van der Waals surface area contributed by atoms with E-state index >= 15 is 0 Å². The fraction of sp³-hybridized carbons (Fsp3) is 0.0800. The van der Waals surface area contributed by atoms with Gasteiger partial charge in [0.05, 0.1) is 12.8 Å². The average molecular weight is 493 g/mol. The molecule has 4 amide bonds. The third-order valence-electron chi connectivity index (χ3n) is 5.14. The van der Waals surface area contributed by atoms with Crippen molar-refractivity contribution in [2.75, 3.05) is 12.0 Å². The molecule has 4 rings (SSSR count). The third kappa shape index (κ3) is 5.07. The van der Waals surface area contributed by atoms with Crippen LogP contribution in [0.25, 0.3) is 6.08 Å². The summed E-state index contributed by atoms with van der Waals surface area (Å²) in [7, 11) is -2.54. The molecule has 0 bridgehead atoms. The van der Waals surface area contributed by atoms with Crippen LogP contribution in [-0.2, 0) is 19.7 Å². The number of hydrogen-bond acceptors (Lipinski definition) is 7. The second-order valence-corrected chi connectivity index (χ2v) is 9.12. The van der Waals surface area contributed by atoms with Crippen LogP contribution in [0.2, 0.25) is 0 Å². The molecule has 3 aromatic rings. The third-order valence-corrected chi connectivity index (χ3v) is 6.40. The number of nitrogens with one attached hydrogen (secondary N) is 1. The van der Waals surface area contributed by atoms with Crippen molar-refractivity contribution in [2.45, 2.75) is 11.8 Å². The maximum Gasteiger partial charge on any atom is 0.339 e. The highest BCUT2D eigenvalue weighted by molar-refractivity contribution is 7.87. The van der Waals surface area contributed by atoms with Crippen molar-refractivity contribution in [1.29, 1.82) is 0 Å². The van der Waals surface area contributed by atoms with Crippen LogP contribution in [0, 0.1) is 6.92 Å². The van der Waals surface area contributed by atoms with Crippen molar-refractivity contribution in [1.82, 2.24) is 5.32 Å². The van der Waals surface area contributed by atoms with E-state index in [4.69, 9.17) is 8.92 Å². The molecule has 0 aliphatic carbocycles. The predicted molar refractivity (Wildman–Crippen MR) is 127 cm³/mol. The average Bonchev–Trinajstić information content (AvgIpc) is 2.83. The second kappa shape index (κ2) is 9.43. The van der Waals surface area contributed by atoms with Crippen LogP contribution in [0.15, 0.2) is 83.3 Å². The first-order valence-corrected chi connectivity index (χ1v) is 11.8. The van der Waals surface area contributed by atoms with Gasteiger partial charge in [0.2, 0.25) is 0 Å². The second-order valence-electron chi connectivity index (χ2n) is 7.58. The van der Waals surface area contributed by atoms with Crippen LogP contribution >= 0.6 is 0 Å². The van der Waals surface area contributed by atoms with Crippen LogP contribution in [-0.4, -0.2) is 33.4 Å². The Morgan fingerprint density at radius 3 is 2.03 bits per heavy atom. The first-order chi connectivity index (χ1) is 16.7. The minimum Gasteiger partial charge on any atom is -0.497 e. The van der Waals surface area contributed by atoms with Gasteiger partial charge in [-0.15, -0.1) is 0 Å². The highest BCUT2D eigenvalue weighted by atomic mass is 32.2. The predicted octanol–water partition coefficient (Wildman–Crippen LogP) is 3.44. The summed E-state index contributed by atoms with van der Waals surface area (Å²) in [5.41, 5.74) is 1.33. The van der Waals surface area contributed by atoms with E-state index in [1.54, 1.807) is 24.3 Å². The van der Waals surface area contributed by atoms with Crippen LogP contribution in [0.1, 0.15) is 11.1 Å². The Labute approximate surface area is 201 Å². The summed E-state index contributed by atoms with van der Waals surface area (Å²) in [4.78, 5) is 38.5. The van der Waals surface area contributed by atoms with Gasteiger partial charge in [0.15, 0.2) is 0 Å². The fourth-order valence-electron chi connectivity index (χ4n) is 3.29. The molecule has 0 unspecified atom stereocenters. The lowest BCUT2D eigenvalue weighted by Crippen LogP contribution is -2.54. The zero-order chi connectivity index (χ0) is 25.2. The molecule has 1 heterocycles. The van der Waals surface area contributed by atoms with Gasteiger partial charge >= 0.3 is 16.1 Å². The first kappa shape index (κ1) is 23.7. The molecule has 3 aromatic carbocycles. The topological polar surface area (TPSA) is 119 Å². The van der Waals surface area contributed by atoms with Crippen LogP contribution in [0.4, 0.5) is 10.5 Å². The molecule has 1 N–H and O–H groups in total. The van der Waals surface area contributed by atoms with Gasteiger partial charge in [-0.05, 0) is 67.1 Å². The van der Waals surface area contributed by atoms with Crippen molar-refractivity contribution >= 4 is 39.7 Å². The summed E-state index contributed by atoms with van der Waals surface area (Å²) in [5.74, 6) is -1.04. The summed E-state index contributed by atoms with van der Waals surface area (Å²) < 4.78 is 35.2. The molecule has 9 nitrogen and oxygen atoms in total. The quantitative estimate of drug-likeness (QED) is 0.318. The smallest absolute Gasteiger partial charge is 0.339 e. The van der Waals surface area contributed by atoms with Crippen molar-refractivity contribution in [3.63, 3.8) is 0 Å². The van der Waals surface area contributed by atoms with Gasteiger partial charge in [-0.1, -0.05) is 29.8 Å². The summed E-state index contributed by atoms with van der Waals surface area (Å²) in [5, 5.41) is 2.15. The fourth-order valence-corrected chi connectivity index (χ4v) is 4.22. The SMILES string of the molecule is COc1ccc(N2C(=O)NC(=O)/C(=C\c3ccc(OS(=O)(=O)c4ccc(C)cc4)cc3)C2=O)cc1. The summed E-state index contributed by atoms with van der Waals surface area (Å²) in [6.07, 6.45) is 1.30. The molecule has 0 atom stereocenters. The Hall–Kier alpha value is -4.44. The lowest BCUT2D eigenvalue weighted by atomic mass is 10.1. The summed E-state index contributed by atoms with van der Waals surface area (Å²) in [6, 6.07) is 17.3. The Kier molecular flexibility index (Phi) is 6.39. The number of ether oxygens (including phenoxy) is 1. The zero-order valence-corrected chi connectivity index (χ0v) is 19.5. The molecule has 0 saturated carbocycles. The van der Waals surface area contributed by atoms with E-state index in [0.717, 1.165) is 10.5 Å². The largest absolute Gasteiger partial charge is 0.497 e. The lowest BCUT2D eigenvalue weighted by Gasteiger charge is -2.26. The molecule has 10 heteroatoms. The minimum absolute atomic E-state index is 0.0158. The number of nitrogens with zero attached hydrogens (tertiary/aromatic N) is 1. The van der Waals surface area contributed by atoms with E-state index in [9.17, 15) is 22.8 Å². The Morgan fingerprint density at radius 2 is 1.43 bits per heavy atom. The van der Waals surface area contributed by atoms with E-state index < -0.39 is 28.0 Å². The van der Waals surface area contributed by atoms with Crippen LogP contribution < -0.4 is 19.1 Å². The number of rotatable bonds is 6. The molecule has 1 saturated heterocycles. The number of aryl methyl sites for hydroxylation is 1. The monoisotopic (exact) mass is 492 g/mol. The van der Waals surface area contributed by atoms with E-state index in [1.165, 1.54) is 61.7 Å². The van der Waals surface area contributed by atoms with Gasteiger partial charge in [-0.3, -0.25) is 14.9 Å². The number of carbonyl (C=O) groups is 3. The van der Waals surface area contributed by atoms with Crippen LogP contribution in [0.5, 0.6) is 11.5 Å². The first-order valence-electron chi connectivity index (χ1n) is 10.3. The maximum atomic E-state index is 13.0. The van der Waals surface area contributed by atoms with Gasteiger partial charge in [-0.25, -0.2) is 9.69 Å². The lowest BCUT2D eigenvalue weighted by molar-refractivity contribution is -0.122. The Bertz CT molecular complexity index is 1430. The van der Waals surface area contributed by atoms with Crippen molar-refractivity contribution in [3.05, 3.63) is 89.5 Å². The van der Waals surface area contributed by atoms with Crippen molar-refractivity contribution in [3.8, 4) is 11.5 Å². The number of barbiturate groups is 1. The van der Waals surface area contributed by atoms with E-state index in [0.29, 0.717) is 11.3 Å². The molecule has 1 aliphatic heterocycles. The standard InChI is InChI=1S/C25H20N2O7S/c1-16-3-13-21(14-4-16)35(31,32)34-20-9-5-17(6-10-20)15-22-23(28)26-25(30)27(24(22)29)18-7-11-19(33-2)12-8-18/h3-15H,1-2H3,(H,26,28,30)/b22-15+.